The first kappa shape index (κ1) is 17.5. The van der Waals surface area contributed by atoms with E-state index in [-0.39, 0.29) is 11.8 Å². The molecule has 0 radical (unpaired) electrons. The quantitative estimate of drug-likeness (QED) is 0.769. The molecule has 2 N–H and O–H groups in total. The third kappa shape index (κ3) is 6.39. The van der Waals surface area contributed by atoms with Gasteiger partial charge in [0.15, 0.2) is 0 Å². The summed E-state index contributed by atoms with van der Waals surface area (Å²) in [5.41, 5.74) is 0. The molecule has 23 heavy (non-hydrogen) atoms. The predicted molar refractivity (Wildman–Crippen MR) is 78.8 cm³/mol. The summed E-state index contributed by atoms with van der Waals surface area (Å²) < 4.78 is 36.9. The van der Waals surface area contributed by atoms with Crippen LogP contribution in [0.4, 0.5) is 19.0 Å². The maximum Gasteiger partial charge on any atom is 0.401 e. The van der Waals surface area contributed by atoms with Gasteiger partial charge in [-0.1, -0.05) is 0 Å². The topological polar surface area (TPSA) is 70.1 Å². The van der Waals surface area contributed by atoms with E-state index in [4.69, 9.17) is 0 Å². The molecule has 9 heteroatoms. The minimum absolute atomic E-state index is 0.0994. The number of hydrogen-bond donors (Lipinski definition) is 2. The van der Waals surface area contributed by atoms with E-state index in [2.05, 4.69) is 20.6 Å². The van der Waals surface area contributed by atoms with E-state index >= 15 is 0 Å². The number of halogens is 3. The van der Waals surface area contributed by atoms with E-state index in [1.54, 1.807) is 18.6 Å². The molecular weight excluding hydrogens is 311 g/mol. The van der Waals surface area contributed by atoms with Gasteiger partial charge in [0.1, 0.15) is 5.82 Å². The van der Waals surface area contributed by atoms with E-state index in [1.165, 1.54) is 4.90 Å². The van der Waals surface area contributed by atoms with Gasteiger partial charge in [-0.2, -0.15) is 13.2 Å². The summed E-state index contributed by atoms with van der Waals surface area (Å²) >= 11 is 0. The van der Waals surface area contributed by atoms with Gasteiger partial charge in [-0.25, -0.2) is 4.98 Å². The summed E-state index contributed by atoms with van der Waals surface area (Å²) in [5, 5.41) is 5.81. The molecule has 0 aliphatic carbocycles. The van der Waals surface area contributed by atoms with Crippen LogP contribution < -0.4 is 10.6 Å². The van der Waals surface area contributed by atoms with Crippen LogP contribution in [0, 0.1) is 5.92 Å². The van der Waals surface area contributed by atoms with E-state index in [9.17, 15) is 18.0 Å². The van der Waals surface area contributed by atoms with Crippen LogP contribution in [0.2, 0.25) is 0 Å². The standard InChI is InChI=1S/C14H20F3N5O/c15-14(16,17)10-22-7-1-11(2-8-22)13(23)21-6-5-20-12-9-18-3-4-19-12/h3-4,9,11H,1-2,5-8,10H2,(H,19,20)(H,21,23). The normalized spacial score (nSPS) is 17.0. The number of aromatic nitrogens is 2. The molecule has 1 aromatic rings. The van der Waals surface area contributed by atoms with Gasteiger partial charge in [-0.15, -0.1) is 0 Å². The number of rotatable bonds is 6. The van der Waals surface area contributed by atoms with Crippen molar-refractivity contribution in [3.8, 4) is 0 Å². The Morgan fingerprint density at radius 3 is 2.61 bits per heavy atom. The second-order valence-corrected chi connectivity index (χ2v) is 5.47. The lowest BCUT2D eigenvalue weighted by molar-refractivity contribution is -0.149. The summed E-state index contributed by atoms with van der Waals surface area (Å²) in [4.78, 5) is 21.3. The second-order valence-electron chi connectivity index (χ2n) is 5.47. The summed E-state index contributed by atoms with van der Waals surface area (Å²) in [6.07, 6.45) is 1.45. The van der Waals surface area contributed by atoms with Gasteiger partial charge in [-0.3, -0.25) is 14.7 Å². The molecule has 0 atom stereocenters. The van der Waals surface area contributed by atoms with E-state index in [0.29, 0.717) is 44.8 Å². The lowest BCUT2D eigenvalue weighted by Gasteiger charge is -2.31. The number of nitrogens with one attached hydrogen (secondary N) is 2. The highest BCUT2D eigenvalue weighted by atomic mass is 19.4. The van der Waals surface area contributed by atoms with Crippen LogP contribution in [0.1, 0.15) is 12.8 Å². The molecule has 0 saturated carbocycles. The molecule has 0 unspecified atom stereocenters. The zero-order valence-corrected chi connectivity index (χ0v) is 12.6. The van der Waals surface area contributed by atoms with Gasteiger partial charge in [0.2, 0.25) is 5.91 Å². The first-order valence-corrected chi connectivity index (χ1v) is 7.51. The maximum absolute atomic E-state index is 12.3. The van der Waals surface area contributed by atoms with Gasteiger partial charge in [0, 0.05) is 31.4 Å². The molecule has 1 aliphatic heterocycles. The third-order valence-corrected chi connectivity index (χ3v) is 3.65. The Labute approximate surface area is 132 Å². The highest BCUT2D eigenvalue weighted by Crippen LogP contribution is 2.22. The number of anilines is 1. The molecule has 2 heterocycles. The Morgan fingerprint density at radius 1 is 1.26 bits per heavy atom. The Hall–Kier alpha value is -1.90. The maximum atomic E-state index is 12.3. The van der Waals surface area contributed by atoms with E-state index in [0.717, 1.165) is 0 Å². The molecule has 1 aliphatic rings. The smallest absolute Gasteiger partial charge is 0.367 e. The number of carbonyl (C=O) groups is 1. The molecule has 2 rings (SSSR count). The summed E-state index contributed by atoms with van der Waals surface area (Å²) in [5.74, 6) is 0.316. The van der Waals surface area contributed by atoms with Crippen molar-refractivity contribution < 1.29 is 18.0 Å². The molecule has 0 aromatic carbocycles. The van der Waals surface area contributed by atoms with Gasteiger partial charge in [0.05, 0.1) is 12.7 Å². The number of hydrogen-bond acceptors (Lipinski definition) is 5. The molecule has 1 amide bonds. The van der Waals surface area contributed by atoms with Crippen LogP contribution in [-0.2, 0) is 4.79 Å². The molecule has 1 saturated heterocycles. The Balaban J connectivity index is 1.61. The first-order chi connectivity index (χ1) is 10.9. The monoisotopic (exact) mass is 331 g/mol. The van der Waals surface area contributed by atoms with Crippen molar-refractivity contribution in [2.24, 2.45) is 5.92 Å². The van der Waals surface area contributed by atoms with Crippen molar-refractivity contribution in [1.82, 2.24) is 20.2 Å². The molecule has 1 aromatic heterocycles. The number of carbonyl (C=O) groups excluding carboxylic acids is 1. The van der Waals surface area contributed by atoms with Crippen LogP contribution in [-0.4, -0.2) is 59.7 Å². The minimum Gasteiger partial charge on any atom is -0.367 e. The van der Waals surface area contributed by atoms with Crippen LogP contribution in [0.3, 0.4) is 0 Å². The van der Waals surface area contributed by atoms with Crippen molar-refractivity contribution in [3.05, 3.63) is 18.6 Å². The SMILES string of the molecule is O=C(NCCNc1cnccn1)C1CCN(CC(F)(F)F)CC1. The van der Waals surface area contributed by atoms with Gasteiger partial charge in [0.25, 0.3) is 0 Å². The third-order valence-electron chi connectivity index (χ3n) is 3.65. The van der Waals surface area contributed by atoms with Crippen molar-refractivity contribution in [3.63, 3.8) is 0 Å². The molecule has 6 nitrogen and oxygen atoms in total. The molecule has 1 fully saturated rings. The number of nitrogens with zero attached hydrogens (tertiary/aromatic N) is 3. The van der Waals surface area contributed by atoms with E-state index < -0.39 is 12.7 Å². The van der Waals surface area contributed by atoms with Crippen molar-refractivity contribution >= 4 is 11.7 Å². The summed E-state index contributed by atoms with van der Waals surface area (Å²) in [6, 6.07) is 0. The molecule has 128 valence electrons. The largest absolute Gasteiger partial charge is 0.401 e. The Kier molecular flexibility index (Phi) is 6.14. The highest BCUT2D eigenvalue weighted by molar-refractivity contribution is 5.78. The molecule has 0 spiro atoms. The van der Waals surface area contributed by atoms with Crippen molar-refractivity contribution in [2.45, 2.75) is 19.0 Å². The van der Waals surface area contributed by atoms with Crippen LogP contribution >= 0.6 is 0 Å². The van der Waals surface area contributed by atoms with Crippen molar-refractivity contribution in [1.29, 1.82) is 0 Å². The van der Waals surface area contributed by atoms with Gasteiger partial charge < -0.3 is 10.6 Å². The predicted octanol–water partition coefficient (Wildman–Crippen LogP) is 1.28. The number of piperidine rings is 1. The average molecular weight is 331 g/mol. The number of amides is 1. The fraction of sp³-hybridized carbons (Fsp3) is 0.643. The molecule has 0 bridgehead atoms. The number of alkyl halides is 3. The molecular formula is C14H20F3N5O. The lowest BCUT2D eigenvalue weighted by atomic mass is 9.96. The number of likely N-dealkylation sites (tertiary alicyclic amines) is 1. The second kappa shape index (κ2) is 8.09. The lowest BCUT2D eigenvalue weighted by Crippen LogP contribution is -2.44. The first-order valence-electron chi connectivity index (χ1n) is 7.51. The van der Waals surface area contributed by atoms with Crippen LogP contribution in [0.5, 0.6) is 0 Å². The van der Waals surface area contributed by atoms with Crippen LogP contribution in [0.15, 0.2) is 18.6 Å². The highest BCUT2D eigenvalue weighted by Gasteiger charge is 2.33. The fourth-order valence-electron chi connectivity index (χ4n) is 2.52. The fourth-order valence-corrected chi connectivity index (χ4v) is 2.52. The minimum atomic E-state index is -4.18. The summed E-state index contributed by atoms with van der Waals surface area (Å²) in [6.45, 7) is 0.643. The van der Waals surface area contributed by atoms with E-state index in [1.807, 2.05) is 0 Å². The Bertz CT molecular complexity index is 489. The zero-order chi connectivity index (χ0) is 16.7. The van der Waals surface area contributed by atoms with Crippen LogP contribution in [0.25, 0.3) is 0 Å². The zero-order valence-electron chi connectivity index (χ0n) is 12.6. The van der Waals surface area contributed by atoms with Crippen molar-refractivity contribution in [2.75, 3.05) is 38.0 Å². The summed E-state index contributed by atoms with van der Waals surface area (Å²) in [7, 11) is 0. The Morgan fingerprint density at radius 2 is 2.00 bits per heavy atom. The van der Waals surface area contributed by atoms with Gasteiger partial charge >= 0.3 is 6.18 Å². The van der Waals surface area contributed by atoms with Gasteiger partial charge in [-0.05, 0) is 25.9 Å². The average Bonchev–Trinajstić information content (AvgIpc) is 2.51.